The van der Waals surface area contributed by atoms with Crippen LogP contribution in [-0.4, -0.2) is 0 Å². The summed E-state index contributed by atoms with van der Waals surface area (Å²) >= 11 is 0. The molecule has 0 nitrogen and oxygen atoms in total. The number of rotatable bonds is 0. The van der Waals surface area contributed by atoms with Crippen molar-refractivity contribution < 1.29 is 25.8 Å². The standard InChI is InChI=1S/C4H9.3C3H7.Hf/c1-4(2)3;3*1-3-2;/h1-3H3;3*1,3H2,2H3;/q4*-1;+4. The van der Waals surface area contributed by atoms with Gasteiger partial charge in [0, 0.05) is 0 Å². The van der Waals surface area contributed by atoms with E-state index in [1.165, 1.54) is 5.92 Å². The minimum atomic E-state index is 0. The van der Waals surface area contributed by atoms with Gasteiger partial charge in [-0.3, -0.25) is 0 Å². The van der Waals surface area contributed by atoms with Crippen molar-refractivity contribution in [3.8, 4) is 0 Å². The van der Waals surface area contributed by atoms with Crippen molar-refractivity contribution in [3.63, 3.8) is 0 Å². The number of hydrogen-bond donors (Lipinski definition) is 0. The van der Waals surface area contributed by atoms with Crippen LogP contribution in [0, 0.1) is 26.7 Å². The third-order valence-corrected chi connectivity index (χ3v) is 0. The molecule has 0 aliphatic rings. The van der Waals surface area contributed by atoms with Crippen LogP contribution in [0.25, 0.3) is 0 Å². The molecule has 86 valence electrons. The molecule has 0 saturated heterocycles. The Morgan fingerprint density at radius 3 is 0.714 bits per heavy atom. The van der Waals surface area contributed by atoms with Crippen molar-refractivity contribution in [2.24, 2.45) is 0 Å². The second-order valence-electron chi connectivity index (χ2n) is 3.00. The summed E-state index contributed by atoms with van der Waals surface area (Å²) in [6.45, 7) is 22.8. The molecule has 0 fully saturated rings. The molecule has 0 rings (SSSR count). The van der Waals surface area contributed by atoms with Crippen LogP contribution in [0.4, 0.5) is 0 Å². The molecule has 0 bridgehead atoms. The first-order chi connectivity index (χ1) is 5.97. The van der Waals surface area contributed by atoms with E-state index < -0.39 is 0 Å². The van der Waals surface area contributed by atoms with Crippen molar-refractivity contribution in [1.29, 1.82) is 0 Å². The van der Waals surface area contributed by atoms with Crippen molar-refractivity contribution in [3.05, 3.63) is 26.7 Å². The van der Waals surface area contributed by atoms with Crippen LogP contribution in [0.5, 0.6) is 0 Å². The van der Waals surface area contributed by atoms with Gasteiger partial charge in [0.15, 0.2) is 0 Å². The molecule has 0 aliphatic carbocycles. The number of hydrogen-bond acceptors (Lipinski definition) is 0. The normalized spacial score (nSPS) is 6.43. The molecule has 0 aromatic rings. The maximum absolute atomic E-state index is 3.49. The Morgan fingerprint density at radius 2 is 0.714 bits per heavy atom. The Kier molecular flexibility index (Phi) is 102. The summed E-state index contributed by atoms with van der Waals surface area (Å²) in [4.78, 5) is 0. The quantitative estimate of drug-likeness (QED) is 0.403. The molecular formula is C13H30Hf. The van der Waals surface area contributed by atoms with Crippen LogP contribution in [0.2, 0.25) is 0 Å². The van der Waals surface area contributed by atoms with Gasteiger partial charge in [0.2, 0.25) is 0 Å². The molecule has 1 heteroatoms. The Balaban J connectivity index is -0.0000000254. The smallest absolute Gasteiger partial charge is 0.344 e. The van der Waals surface area contributed by atoms with Gasteiger partial charge in [-0.15, -0.1) is 0 Å². The molecule has 0 unspecified atom stereocenters. The maximum Gasteiger partial charge on any atom is 4.00 e. The fourth-order valence-electron chi connectivity index (χ4n) is 0. The van der Waals surface area contributed by atoms with Gasteiger partial charge in [0.1, 0.15) is 0 Å². The van der Waals surface area contributed by atoms with E-state index in [2.05, 4.69) is 41.5 Å². The van der Waals surface area contributed by atoms with Gasteiger partial charge in [-0.05, 0) is 0 Å². The molecular weight excluding hydrogens is 335 g/mol. The molecule has 0 N–H and O–H groups in total. The molecule has 0 aromatic heterocycles. The molecule has 0 aliphatic heterocycles. The van der Waals surface area contributed by atoms with E-state index in [-0.39, 0.29) is 25.8 Å². The van der Waals surface area contributed by atoms with E-state index >= 15 is 0 Å². The summed E-state index contributed by atoms with van der Waals surface area (Å²) in [6, 6.07) is 0. The average Bonchev–Trinajstić information content (AvgIpc) is 1.88. The summed E-state index contributed by atoms with van der Waals surface area (Å²) in [5.41, 5.74) is 0. The Morgan fingerprint density at radius 1 is 0.714 bits per heavy atom. The first-order valence-corrected chi connectivity index (χ1v) is 5.12. The molecule has 14 heavy (non-hydrogen) atoms. The predicted molar refractivity (Wildman–Crippen MR) is 67.2 cm³/mol. The second-order valence-corrected chi connectivity index (χ2v) is 3.00. The summed E-state index contributed by atoms with van der Waals surface area (Å²) in [5.74, 6) is 1.42. The van der Waals surface area contributed by atoms with Gasteiger partial charge in [0.05, 0.1) is 0 Å². The predicted octanol–water partition coefficient (Wildman–Crippen LogP) is 5.31. The molecule has 0 saturated carbocycles. The topological polar surface area (TPSA) is 0 Å². The van der Waals surface area contributed by atoms with E-state index in [1.807, 2.05) is 20.8 Å². The Labute approximate surface area is 113 Å². The van der Waals surface area contributed by atoms with E-state index in [0.29, 0.717) is 0 Å². The minimum Gasteiger partial charge on any atom is -0.344 e. The first kappa shape index (κ1) is 29.4. The van der Waals surface area contributed by atoms with Crippen molar-refractivity contribution in [2.75, 3.05) is 0 Å². The molecule has 0 aromatic carbocycles. The van der Waals surface area contributed by atoms with Crippen molar-refractivity contribution >= 4 is 0 Å². The van der Waals surface area contributed by atoms with E-state index in [9.17, 15) is 0 Å². The van der Waals surface area contributed by atoms with E-state index in [4.69, 9.17) is 0 Å². The maximum atomic E-state index is 3.49. The van der Waals surface area contributed by atoms with Gasteiger partial charge >= 0.3 is 25.8 Å². The Bertz CT molecular complexity index is 26.7. The van der Waals surface area contributed by atoms with Crippen molar-refractivity contribution in [2.45, 2.75) is 60.8 Å². The second kappa shape index (κ2) is 48.7. The van der Waals surface area contributed by atoms with Crippen LogP contribution in [-0.2, 0) is 25.8 Å². The summed E-state index contributed by atoms with van der Waals surface area (Å²) in [6.07, 6.45) is 3.00. The molecule has 0 amide bonds. The molecule has 0 radical (unpaired) electrons. The van der Waals surface area contributed by atoms with Gasteiger partial charge in [-0.1, -0.05) is 20.8 Å². The molecule has 0 heterocycles. The summed E-state index contributed by atoms with van der Waals surface area (Å²) in [5, 5.41) is 0. The third-order valence-electron chi connectivity index (χ3n) is 0. The molecule has 0 atom stereocenters. The van der Waals surface area contributed by atoms with Crippen LogP contribution in [0.15, 0.2) is 0 Å². The largest absolute Gasteiger partial charge is 4.00 e. The van der Waals surface area contributed by atoms with Gasteiger partial charge in [0.25, 0.3) is 0 Å². The fourth-order valence-corrected chi connectivity index (χ4v) is 0. The van der Waals surface area contributed by atoms with Crippen LogP contribution in [0.3, 0.4) is 0 Å². The molecule has 0 spiro atoms. The zero-order chi connectivity index (χ0) is 11.7. The first-order valence-electron chi connectivity index (χ1n) is 5.12. The summed E-state index contributed by atoms with van der Waals surface area (Å²) in [7, 11) is 0. The monoisotopic (exact) mass is 366 g/mol. The zero-order valence-corrected chi connectivity index (χ0v) is 14.8. The van der Waals surface area contributed by atoms with Crippen LogP contribution >= 0.6 is 0 Å². The van der Waals surface area contributed by atoms with Gasteiger partial charge in [-0.2, -0.15) is 40.0 Å². The zero-order valence-electron chi connectivity index (χ0n) is 11.2. The fraction of sp³-hybridized carbons (Fsp3) is 0.692. The van der Waals surface area contributed by atoms with Gasteiger partial charge < -0.3 is 26.7 Å². The van der Waals surface area contributed by atoms with E-state index in [1.54, 1.807) is 0 Å². The summed E-state index contributed by atoms with van der Waals surface area (Å²) < 4.78 is 0. The van der Waals surface area contributed by atoms with Gasteiger partial charge in [-0.25, -0.2) is 0 Å². The Hall–Kier alpha value is 0.870. The van der Waals surface area contributed by atoms with Crippen LogP contribution < -0.4 is 0 Å². The average molecular weight is 365 g/mol. The van der Waals surface area contributed by atoms with Crippen molar-refractivity contribution in [1.82, 2.24) is 0 Å². The van der Waals surface area contributed by atoms with Crippen LogP contribution in [0.1, 0.15) is 60.8 Å². The third kappa shape index (κ3) is 2400. The SMILES string of the molecule is C[C-](C)C.[CH2-]CC.[CH2-]CC.[CH2-]CC.[Hf+4]. The van der Waals surface area contributed by atoms with E-state index in [0.717, 1.165) is 19.3 Å². The minimum absolute atomic E-state index is 0.